The molecule has 1 heterocycles. The lowest BCUT2D eigenvalue weighted by Gasteiger charge is -2.15. The predicted molar refractivity (Wildman–Crippen MR) is 71.3 cm³/mol. The summed E-state index contributed by atoms with van der Waals surface area (Å²) in [6.07, 6.45) is -0.372. The molecule has 0 bridgehead atoms. The summed E-state index contributed by atoms with van der Waals surface area (Å²) >= 11 is 0. The van der Waals surface area contributed by atoms with E-state index in [-0.39, 0.29) is 17.8 Å². The Morgan fingerprint density at radius 1 is 1.05 bits per heavy atom. The van der Waals surface area contributed by atoms with Crippen molar-refractivity contribution in [2.24, 2.45) is 0 Å². The van der Waals surface area contributed by atoms with Gasteiger partial charge in [0.25, 0.3) is 0 Å². The van der Waals surface area contributed by atoms with E-state index in [9.17, 15) is 9.90 Å². The van der Waals surface area contributed by atoms with Crippen LogP contribution in [0.3, 0.4) is 0 Å². The van der Waals surface area contributed by atoms with E-state index in [0.29, 0.717) is 5.56 Å². The molecular weight excluding hydrogens is 240 g/mol. The first-order valence-electron chi connectivity index (χ1n) is 6.18. The lowest BCUT2D eigenvalue weighted by atomic mass is 9.94. The highest BCUT2D eigenvalue weighted by atomic mass is 16.5. The minimum absolute atomic E-state index is 0.263. The maximum Gasteiger partial charge on any atom is 0.339 e. The van der Waals surface area contributed by atoms with E-state index in [1.807, 2.05) is 38.1 Å². The van der Waals surface area contributed by atoms with Crippen molar-refractivity contribution in [3.63, 3.8) is 0 Å². The van der Waals surface area contributed by atoms with Crippen LogP contribution in [0.1, 0.15) is 38.7 Å². The lowest BCUT2D eigenvalue weighted by Crippen LogP contribution is -2.03. The summed E-state index contributed by atoms with van der Waals surface area (Å²) < 4.78 is 5.47. The fourth-order valence-electron chi connectivity index (χ4n) is 2.48. The molecule has 0 aromatic heterocycles. The molecule has 1 N–H and O–H groups in total. The van der Waals surface area contributed by atoms with Gasteiger partial charge in [0.1, 0.15) is 5.75 Å². The third-order valence-electron chi connectivity index (χ3n) is 3.56. The van der Waals surface area contributed by atoms with Gasteiger partial charge >= 0.3 is 5.97 Å². The van der Waals surface area contributed by atoms with E-state index in [4.69, 9.17) is 4.74 Å². The van der Waals surface area contributed by atoms with Gasteiger partial charge in [-0.25, -0.2) is 4.79 Å². The zero-order chi connectivity index (χ0) is 13.6. The number of carbonyl (C=O) groups excluding carboxylic acids is 1. The Kier molecular flexibility index (Phi) is 2.56. The topological polar surface area (TPSA) is 46.5 Å². The number of hydrogen-bond acceptors (Lipinski definition) is 3. The number of rotatable bonds is 1. The van der Waals surface area contributed by atoms with Crippen molar-refractivity contribution in [3.8, 4) is 5.75 Å². The number of phenols is 1. The molecule has 3 nitrogen and oxygen atoms in total. The molecule has 1 aliphatic rings. The van der Waals surface area contributed by atoms with Gasteiger partial charge in [0.15, 0.2) is 6.10 Å². The number of carbonyl (C=O) groups is 1. The molecule has 1 atom stereocenters. The van der Waals surface area contributed by atoms with Gasteiger partial charge in [0.2, 0.25) is 0 Å². The highest BCUT2D eigenvalue weighted by molar-refractivity contribution is 5.94. The highest BCUT2D eigenvalue weighted by Gasteiger charge is 2.32. The molecular formula is C16H14O3. The van der Waals surface area contributed by atoms with Gasteiger partial charge in [-0.15, -0.1) is 0 Å². The molecule has 3 heteroatoms. The maximum absolute atomic E-state index is 11.8. The van der Waals surface area contributed by atoms with Crippen LogP contribution in [0.4, 0.5) is 0 Å². The summed E-state index contributed by atoms with van der Waals surface area (Å²) in [5.74, 6) is -0.0235. The van der Waals surface area contributed by atoms with Crippen LogP contribution in [0.25, 0.3) is 0 Å². The second-order valence-corrected chi connectivity index (χ2v) is 4.87. The Morgan fingerprint density at radius 2 is 1.79 bits per heavy atom. The Hall–Kier alpha value is -2.29. The van der Waals surface area contributed by atoms with Crippen LogP contribution < -0.4 is 0 Å². The smallest absolute Gasteiger partial charge is 0.339 e. The second-order valence-electron chi connectivity index (χ2n) is 4.87. The Labute approximate surface area is 111 Å². The van der Waals surface area contributed by atoms with Crippen molar-refractivity contribution in [2.45, 2.75) is 20.0 Å². The van der Waals surface area contributed by atoms with Gasteiger partial charge in [-0.2, -0.15) is 0 Å². The van der Waals surface area contributed by atoms with Gasteiger partial charge < -0.3 is 9.84 Å². The van der Waals surface area contributed by atoms with Gasteiger partial charge in [-0.1, -0.05) is 18.2 Å². The zero-order valence-electron chi connectivity index (χ0n) is 10.8. The molecule has 0 spiro atoms. The van der Waals surface area contributed by atoms with Gasteiger partial charge in [-0.3, -0.25) is 0 Å². The number of fused-ring (bicyclic) bond motifs is 1. The molecule has 2 aromatic carbocycles. The molecule has 0 aliphatic carbocycles. The summed E-state index contributed by atoms with van der Waals surface area (Å²) in [5.41, 5.74) is 4.13. The van der Waals surface area contributed by atoms with Crippen LogP contribution in [0.15, 0.2) is 36.4 Å². The van der Waals surface area contributed by atoms with Crippen LogP contribution in [-0.2, 0) is 4.74 Å². The number of benzene rings is 2. The number of phenolic OH excluding ortho intramolecular Hbond substituents is 1. The first-order chi connectivity index (χ1) is 9.08. The molecule has 96 valence electrons. The molecule has 1 aliphatic heterocycles. The monoisotopic (exact) mass is 254 g/mol. The van der Waals surface area contributed by atoms with Crippen LogP contribution in [0, 0.1) is 13.8 Å². The summed E-state index contributed by atoms with van der Waals surface area (Å²) in [6.45, 7) is 3.74. The number of aromatic hydroxyl groups is 1. The SMILES string of the molecule is Cc1cc(C2OC(=O)c3ccccc32)c(C)cc1O. The molecule has 2 aromatic rings. The third-order valence-corrected chi connectivity index (χ3v) is 3.56. The van der Waals surface area contributed by atoms with Crippen LogP contribution in [-0.4, -0.2) is 11.1 Å². The average molecular weight is 254 g/mol. The number of esters is 1. The molecule has 1 unspecified atom stereocenters. The van der Waals surface area contributed by atoms with E-state index >= 15 is 0 Å². The normalized spacial score (nSPS) is 17.2. The summed E-state index contributed by atoms with van der Waals surface area (Å²) in [5, 5.41) is 9.71. The fourth-order valence-corrected chi connectivity index (χ4v) is 2.48. The molecule has 0 amide bonds. The minimum Gasteiger partial charge on any atom is -0.508 e. The fraction of sp³-hybridized carbons (Fsp3) is 0.188. The van der Waals surface area contributed by atoms with E-state index in [2.05, 4.69) is 0 Å². The summed E-state index contributed by atoms with van der Waals surface area (Å²) in [7, 11) is 0. The van der Waals surface area contributed by atoms with E-state index in [1.54, 1.807) is 12.1 Å². The van der Waals surface area contributed by atoms with Gasteiger partial charge in [0.05, 0.1) is 5.56 Å². The molecule has 0 saturated heterocycles. The summed E-state index contributed by atoms with van der Waals surface area (Å²) in [4.78, 5) is 11.8. The van der Waals surface area contributed by atoms with Crippen molar-refractivity contribution in [1.82, 2.24) is 0 Å². The standard InChI is InChI=1S/C16H14O3/c1-9-8-14(17)10(2)7-13(9)15-11-5-3-4-6-12(11)16(18)19-15/h3-8,15,17H,1-2H3. The van der Waals surface area contributed by atoms with Crippen molar-refractivity contribution < 1.29 is 14.6 Å². The van der Waals surface area contributed by atoms with Gasteiger partial charge in [0, 0.05) is 11.1 Å². The van der Waals surface area contributed by atoms with Crippen molar-refractivity contribution in [1.29, 1.82) is 0 Å². The molecule has 19 heavy (non-hydrogen) atoms. The molecule has 0 radical (unpaired) electrons. The predicted octanol–water partition coefficient (Wildman–Crippen LogP) is 3.27. The number of cyclic esters (lactones) is 1. The zero-order valence-corrected chi connectivity index (χ0v) is 10.8. The summed E-state index contributed by atoms with van der Waals surface area (Å²) in [6, 6.07) is 11.0. The number of ether oxygens (including phenoxy) is 1. The molecule has 0 fully saturated rings. The number of aryl methyl sites for hydroxylation is 2. The first kappa shape index (κ1) is 11.8. The Bertz CT molecular complexity index is 674. The molecule has 0 saturated carbocycles. The van der Waals surface area contributed by atoms with E-state index < -0.39 is 0 Å². The second kappa shape index (κ2) is 4.12. The quantitative estimate of drug-likeness (QED) is 0.794. The maximum atomic E-state index is 11.8. The van der Waals surface area contributed by atoms with Crippen molar-refractivity contribution in [3.05, 3.63) is 64.2 Å². The Balaban J connectivity index is 2.15. The van der Waals surface area contributed by atoms with Gasteiger partial charge in [-0.05, 0) is 43.2 Å². The Morgan fingerprint density at radius 3 is 2.58 bits per heavy atom. The highest BCUT2D eigenvalue weighted by Crippen LogP contribution is 2.38. The minimum atomic E-state index is -0.372. The van der Waals surface area contributed by atoms with Crippen molar-refractivity contribution in [2.75, 3.05) is 0 Å². The average Bonchev–Trinajstić information content (AvgIpc) is 2.72. The largest absolute Gasteiger partial charge is 0.508 e. The van der Waals surface area contributed by atoms with E-state index in [0.717, 1.165) is 22.3 Å². The van der Waals surface area contributed by atoms with Crippen molar-refractivity contribution >= 4 is 5.97 Å². The van der Waals surface area contributed by atoms with Crippen LogP contribution >= 0.6 is 0 Å². The van der Waals surface area contributed by atoms with Crippen LogP contribution in [0.5, 0.6) is 5.75 Å². The van der Waals surface area contributed by atoms with E-state index in [1.165, 1.54) is 0 Å². The van der Waals surface area contributed by atoms with Crippen LogP contribution in [0.2, 0.25) is 0 Å². The molecule has 3 rings (SSSR count). The first-order valence-corrected chi connectivity index (χ1v) is 6.18. The third kappa shape index (κ3) is 1.78. The number of hydrogen-bond donors (Lipinski definition) is 1. The lowest BCUT2D eigenvalue weighted by molar-refractivity contribution is 0.0455.